The standard InChI is InChI=1S/C79H71N4OSi.Pt/c1-54-46-75(80-52-68(54)56-40-42-58(43-41-56)77(2,3)4)83-71-38-22-23-39-73(71)85(64-30-16-12-17-31-64,65-32-18-13-19-33-65)74-45-44-63(51-72(74)83)84-62-29-24-28-61(50-62)81-53-82(70-37-21-20-36-69(70)81)76-66(55-26-14-11-15-27-55)34-25-35-67(76)57-47-59(78(5,6)7)49-60(48-57)79(8,9)10;/h11-49,52-53H,1-10H3;/q-3;/i1D3,11D,14D,15D,26D,27D;. The Morgan fingerprint density at radius 1 is 0.488 bits per heavy atom. The van der Waals surface area contributed by atoms with Gasteiger partial charge in [0.1, 0.15) is 13.9 Å². The van der Waals surface area contributed by atoms with E-state index in [0.717, 1.165) is 71.2 Å². The van der Waals surface area contributed by atoms with Crippen molar-refractivity contribution < 1.29 is 36.8 Å². The van der Waals surface area contributed by atoms with Crippen LogP contribution < -0.4 is 40.2 Å². The molecule has 0 bridgehead atoms. The van der Waals surface area contributed by atoms with Gasteiger partial charge >= 0.3 is 0 Å². The van der Waals surface area contributed by atoms with E-state index in [9.17, 15) is 2.74 Å². The Bertz CT molecular complexity index is 4610. The maximum absolute atomic E-state index is 9.35. The van der Waals surface area contributed by atoms with E-state index in [1.807, 2.05) is 114 Å². The van der Waals surface area contributed by atoms with Crippen molar-refractivity contribution in [3.05, 3.63) is 284 Å². The van der Waals surface area contributed by atoms with E-state index >= 15 is 0 Å². The van der Waals surface area contributed by atoms with Crippen molar-refractivity contribution >= 4 is 68.8 Å². The van der Waals surface area contributed by atoms with Crippen LogP contribution in [0.1, 0.15) is 95.5 Å². The number of para-hydroxylation sites is 4. The normalized spacial score (nSPS) is 15.1. The van der Waals surface area contributed by atoms with E-state index in [1.54, 1.807) is 12.3 Å². The summed E-state index contributed by atoms with van der Waals surface area (Å²) in [5.74, 6) is 1.19. The summed E-state index contributed by atoms with van der Waals surface area (Å²) in [5, 5.41) is 4.42. The molecule has 0 atom stereocenters. The molecule has 2 aliphatic rings. The number of hydrogen-bond donors (Lipinski definition) is 0. The van der Waals surface area contributed by atoms with Crippen molar-refractivity contribution in [3.8, 4) is 44.9 Å². The minimum absolute atomic E-state index is 0. The largest absolute Gasteiger partial charge is 0.509 e. The van der Waals surface area contributed by atoms with Crippen LogP contribution in [0.3, 0.4) is 0 Å². The fourth-order valence-corrected chi connectivity index (χ4v) is 17.2. The molecule has 0 saturated heterocycles. The molecule has 5 nitrogen and oxygen atoms in total. The zero-order chi connectivity index (χ0) is 65.7. The number of ether oxygens (including phenoxy) is 1. The summed E-state index contributed by atoms with van der Waals surface area (Å²) in [6, 6.07) is 75.3. The molecular formula is C79H71N4OPtSi-3. The number of anilines is 7. The number of aromatic nitrogens is 1. The SMILES string of the molecule is [2H]c1c([2H])c([2H])c(-c2cccc(-c3cc(C(C)(C)C)cc(C(C)(C)C)c3)c2N2[CH-]N(c3[c-]c(Oc4[c-]c5c(cc4)[Si](c4ccccc4)(c4ccccc4)c4ccccc4N5c4cc(C([2H])([2H])[2H])c(-c5ccc(C(C)(C)C)cc5)cn4)ccc3)c3ccccc32)c([2H])c1[2H].[Pt]. The molecule has 0 unspecified atom stereocenters. The molecule has 11 aromatic rings. The van der Waals surface area contributed by atoms with Crippen molar-refractivity contribution in [3.63, 3.8) is 0 Å². The molecule has 0 radical (unpaired) electrons. The predicted molar refractivity (Wildman–Crippen MR) is 359 cm³/mol. The molecule has 13 rings (SSSR count). The minimum atomic E-state index is -3.22. The summed E-state index contributed by atoms with van der Waals surface area (Å²) in [6.45, 7) is 19.1. The Kier molecular flexibility index (Phi) is 12.8. The summed E-state index contributed by atoms with van der Waals surface area (Å²) in [6.07, 6.45) is 1.69. The van der Waals surface area contributed by atoms with Gasteiger partial charge in [0.2, 0.25) is 0 Å². The molecular weight excluding hydrogens is 1240 g/mol. The van der Waals surface area contributed by atoms with E-state index in [1.165, 1.54) is 0 Å². The van der Waals surface area contributed by atoms with Crippen LogP contribution in [-0.4, -0.2) is 13.1 Å². The van der Waals surface area contributed by atoms with E-state index in [4.69, 9.17) is 17.9 Å². The fraction of sp³-hybridized carbons (Fsp3) is 0.165. The summed E-state index contributed by atoms with van der Waals surface area (Å²) in [7, 11) is -3.22. The molecule has 3 heterocycles. The second kappa shape index (κ2) is 22.7. The first-order valence-electron chi connectivity index (χ1n) is 33.0. The van der Waals surface area contributed by atoms with E-state index in [0.29, 0.717) is 45.5 Å². The monoisotopic (exact) mass is 1320 g/mol. The molecule has 7 heteroatoms. The van der Waals surface area contributed by atoms with Crippen LogP contribution in [0.5, 0.6) is 11.5 Å². The second-order valence-electron chi connectivity index (χ2n) is 25.2. The van der Waals surface area contributed by atoms with Crippen molar-refractivity contribution in [1.82, 2.24) is 4.98 Å². The summed E-state index contributed by atoms with van der Waals surface area (Å²) >= 11 is 0. The molecule has 0 amide bonds. The molecule has 10 aromatic carbocycles. The third-order valence-corrected chi connectivity index (χ3v) is 21.4. The van der Waals surface area contributed by atoms with E-state index in [-0.39, 0.29) is 60.5 Å². The minimum Gasteiger partial charge on any atom is -0.509 e. The van der Waals surface area contributed by atoms with Gasteiger partial charge in [0.15, 0.2) is 0 Å². The maximum atomic E-state index is 9.35. The number of aryl methyl sites for hydroxylation is 1. The topological polar surface area (TPSA) is 31.8 Å². The average molecular weight is 1320 g/mol. The van der Waals surface area contributed by atoms with Gasteiger partial charge in [0.25, 0.3) is 0 Å². The van der Waals surface area contributed by atoms with Crippen LogP contribution in [0.25, 0.3) is 33.4 Å². The smallest absolute Gasteiger partial charge is 0.135 e. The molecule has 0 fully saturated rings. The van der Waals surface area contributed by atoms with Gasteiger partial charge < -0.3 is 19.4 Å². The second-order valence-corrected chi connectivity index (χ2v) is 28.9. The number of nitrogens with zero attached hydrogens (tertiary/aromatic N) is 4. The Labute approximate surface area is 536 Å². The van der Waals surface area contributed by atoms with Gasteiger partial charge in [-0.15, -0.1) is 47.9 Å². The van der Waals surface area contributed by atoms with E-state index in [2.05, 4.69) is 182 Å². The Morgan fingerprint density at radius 2 is 1.06 bits per heavy atom. The van der Waals surface area contributed by atoms with Gasteiger partial charge in [-0.05, 0) is 91.5 Å². The number of pyridine rings is 1. The number of hydrogen-bond acceptors (Lipinski definition) is 5. The van der Waals surface area contributed by atoms with Gasteiger partial charge in [-0.1, -0.05) is 260 Å². The first-order valence-corrected chi connectivity index (χ1v) is 31.0. The third kappa shape index (κ3) is 10.5. The number of fused-ring (bicyclic) bond motifs is 3. The van der Waals surface area contributed by atoms with Crippen molar-refractivity contribution in [1.29, 1.82) is 0 Å². The van der Waals surface area contributed by atoms with Crippen LogP contribution in [0.4, 0.5) is 39.9 Å². The summed E-state index contributed by atoms with van der Waals surface area (Å²) in [4.78, 5) is 11.3. The summed E-state index contributed by atoms with van der Waals surface area (Å²) in [5.41, 5.74) is 11.0. The van der Waals surface area contributed by atoms with Crippen LogP contribution in [0.2, 0.25) is 0 Å². The average Bonchev–Trinajstić information content (AvgIpc) is 0.765. The van der Waals surface area contributed by atoms with Gasteiger partial charge in [0, 0.05) is 82.3 Å². The zero-order valence-electron chi connectivity index (χ0n) is 57.8. The molecule has 0 aliphatic carbocycles. The number of rotatable bonds is 10. The van der Waals surface area contributed by atoms with Crippen LogP contribution >= 0.6 is 0 Å². The predicted octanol–water partition coefficient (Wildman–Crippen LogP) is 18.2. The Hall–Kier alpha value is -8.54. The molecule has 2 aliphatic heterocycles. The Morgan fingerprint density at radius 3 is 1.69 bits per heavy atom. The molecule has 1 aromatic heterocycles. The van der Waals surface area contributed by atoms with Crippen LogP contribution in [-0.2, 0) is 37.3 Å². The van der Waals surface area contributed by atoms with Crippen molar-refractivity contribution in [2.24, 2.45) is 0 Å². The molecule has 86 heavy (non-hydrogen) atoms. The van der Waals surface area contributed by atoms with Gasteiger partial charge in [-0.2, -0.15) is 12.1 Å². The Balaban J connectivity index is 0.00000848. The number of benzene rings is 10. The molecule has 0 spiro atoms. The zero-order valence-corrected chi connectivity index (χ0v) is 53.1. The van der Waals surface area contributed by atoms with E-state index < -0.39 is 33.1 Å². The fourth-order valence-electron chi connectivity index (χ4n) is 12.1. The van der Waals surface area contributed by atoms with Crippen LogP contribution in [0, 0.1) is 25.7 Å². The van der Waals surface area contributed by atoms with Gasteiger partial charge in [-0.3, -0.25) is 0 Å². The molecule has 430 valence electrons. The molecule has 0 N–H and O–H groups in total. The van der Waals surface area contributed by atoms with Gasteiger partial charge in [0.05, 0.1) is 6.85 Å². The first-order chi connectivity index (χ1) is 44.2. The van der Waals surface area contributed by atoms with Crippen molar-refractivity contribution in [2.45, 2.75) is 85.4 Å². The van der Waals surface area contributed by atoms with Crippen molar-refractivity contribution in [2.75, 3.05) is 14.7 Å². The molecule has 0 saturated carbocycles. The third-order valence-electron chi connectivity index (χ3n) is 16.6. The summed E-state index contributed by atoms with van der Waals surface area (Å²) < 4.78 is 79.1. The first kappa shape index (κ1) is 48.7. The maximum Gasteiger partial charge on any atom is 0.135 e. The van der Waals surface area contributed by atoms with Crippen LogP contribution in [0.15, 0.2) is 243 Å². The quantitative estimate of drug-likeness (QED) is 0.101. The van der Waals surface area contributed by atoms with Gasteiger partial charge in [-0.25, -0.2) is 4.98 Å².